The molecule has 4 rings (SSSR count). The fraction of sp³-hybridized carbons (Fsp3) is 0.391. The summed E-state index contributed by atoms with van der Waals surface area (Å²) in [6.07, 6.45) is 0.293. The number of piperazine rings is 1. The zero-order chi connectivity index (χ0) is 20.4. The number of nitrogens with zero attached hydrogens (tertiary/aromatic N) is 3. The Balaban J connectivity index is 1.34. The number of aryl methyl sites for hydroxylation is 1. The van der Waals surface area contributed by atoms with Crippen molar-refractivity contribution >= 4 is 29.1 Å². The summed E-state index contributed by atoms with van der Waals surface area (Å²) in [4.78, 5) is 31.5. The van der Waals surface area contributed by atoms with Crippen molar-refractivity contribution in [1.82, 2.24) is 9.80 Å². The van der Waals surface area contributed by atoms with E-state index in [1.54, 1.807) is 4.90 Å². The number of para-hydroxylation sites is 1. The SMILES string of the molecule is Cc1ccccc1N1CCN(C(=O)[C@H]2CC(=O)N(Cc3ccccc3Cl)C2)CC1. The molecule has 6 heteroatoms. The number of halogens is 1. The number of carbonyl (C=O) groups is 2. The van der Waals surface area contributed by atoms with Crippen LogP contribution in [0.3, 0.4) is 0 Å². The van der Waals surface area contributed by atoms with Crippen LogP contribution in [0.15, 0.2) is 48.5 Å². The third kappa shape index (κ3) is 4.25. The van der Waals surface area contributed by atoms with E-state index in [0.717, 1.165) is 18.7 Å². The van der Waals surface area contributed by atoms with E-state index in [-0.39, 0.29) is 17.7 Å². The Labute approximate surface area is 176 Å². The highest BCUT2D eigenvalue weighted by molar-refractivity contribution is 6.31. The van der Waals surface area contributed by atoms with Gasteiger partial charge in [0.15, 0.2) is 0 Å². The van der Waals surface area contributed by atoms with Crippen molar-refractivity contribution < 1.29 is 9.59 Å². The fourth-order valence-electron chi connectivity index (χ4n) is 4.27. The minimum absolute atomic E-state index is 0.0295. The van der Waals surface area contributed by atoms with Crippen molar-refractivity contribution in [3.8, 4) is 0 Å². The van der Waals surface area contributed by atoms with Gasteiger partial charge in [-0.3, -0.25) is 9.59 Å². The topological polar surface area (TPSA) is 43.9 Å². The van der Waals surface area contributed by atoms with E-state index in [1.165, 1.54) is 11.3 Å². The minimum atomic E-state index is -0.255. The summed E-state index contributed by atoms with van der Waals surface area (Å²) in [5.74, 6) is -0.124. The molecule has 0 bridgehead atoms. The molecule has 0 N–H and O–H groups in total. The third-order valence-corrected chi connectivity index (χ3v) is 6.30. The van der Waals surface area contributed by atoms with Gasteiger partial charge in [-0.1, -0.05) is 48.0 Å². The molecule has 0 saturated carbocycles. The Morgan fingerprint density at radius 3 is 2.45 bits per heavy atom. The van der Waals surface area contributed by atoms with Gasteiger partial charge in [-0.25, -0.2) is 0 Å². The average Bonchev–Trinajstić information content (AvgIpc) is 3.10. The zero-order valence-electron chi connectivity index (χ0n) is 16.7. The van der Waals surface area contributed by atoms with Crippen LogP contribution < -0.4 is 4.90 Å². The first-order valence-electron chi connectivity index (χ1n) is 10.1. The van der Waals surface area contributed by atoms with E-state index in [1.807, 2.05) is 35.2 Å². The van der Waals surface area contributed by atoms with Gasteiger partial charge in [0.2, 0.25) is 11.8 Å². The molecule has 2 aromatic carbocycles. The molecule has 0 unspecified atom stereocenters. The third-order valence-electron chi connectivity index (χ3n) is 5.93. The molecule has 2 saturated heterocycles. The van der Waals surface area contributed by atoms with Gasteiger partial charge in [0.05, 0.1) is 5.92 Å². The van der Waals surface area contributed by atoms with Gasteiger partial charge in [-0.15, -0.1) is 0 Å². The van der Waals surface area contributed by atoms with Gasteiger partial charge in [0.25, 0.3) is 0 Å². The number of hydrogen-bond donors (Lipinski definition) is 0. The predicted molar refractivity (Wildman–Crippen MR) is 115 cm³/mol. The van der Waals surface area contributed by atoms with Crippen LogP contribution in [0.25, 0.3) is 0 Å². The molecule has 2 fully saturated rings. The second kappa shape index (κ2) is 8.46. The van der Waals surface area contributed by atoms with Crippen LogP contribution in [-0.2, 0) is 16.1 Å². The lowest BCUT2D eigenvalue weighted by molar-refractivity contribution is -0.136. The number of rotatable bonds is 4. The Morgan fingerprint density at radius 1 is 1.03 bits per heavy atom. The number of hydrogen-bond acceptors (Lipinski definition) is 3. The summed E-state index contributed by atoms with van der Waals surface area (Å²) < 4.78 is 0. The van der Waals surface area contributed by atoms with Crippen molar-refractivity contribution in [3.63, 3.8) is 0 Å². The van der Waals surface area contributed by atoms with Crippen LogP contribution in [0.1, 0.15) is 17.5 Å². The molecule has 0 spiro atoms. The predicted octanol–water partition coefficient (Wildman–Crippen LogP) is 3.35. The summed E-state index contributed by atoms with van der Waals surface area (Å²) in [6.45, 7) is 6.08. The molecule has 5 nitrogen and oxygen atoms in total. The molecule has 152 valence electrons. The maximum absolute atomic E-state index is 13.0. The lowest BCUT2D eigenvalue weighted by Gasteiger charge is -2.37. The first-order chi connectivity index (χ1) is 14.0. The second-order valence-electron chi connectivity index (χ2n) is 7.87. The number of anilines is 1. The molecule has 29 heavy (non-hydrogen) atoms. The Hall–Kier alpha value is -2.53. The first-order valence-corrected chi connectivity index (χ1v) is 10.5. The normalized spacial score (nSPS) is 19.7. The maximum atomic E-state index is 13.0. The first kappa shape index (κ1) is 19.8. The quantitative estimate of drug-likeness (QED) is 0.775. The molecule has 0 aromatic heterocycles. The molecular formula is C23H26ClN3O2. The van der Waals surface area contributed by atoms with E-state index in [2.05, 4.69) is 30.0 Å². The standard InChI is InChI=1S/C23H26ClN3O2/c1-17-6-2-5-9-21(17)25-10-12-26(13-11-25)23(29)19-14-22(28)27(16-19)15-18-7-3-4-8-20(18)24/h2-9,19H,10-16H2,1H3/t19-/m0/s1. The number of carbonyl (C=O) groups excluding carboxylic acids is 2. The molecule has 2 aromatic rings. The number of amides is 2. The summed E-state index contributed by atoms with van der Waals surface area (Å²) >= 11 is 6.23. The molecule has 0 radical (unpaired) electrons. The van der Waals surface area contributed by atoms with Gasteiger partial charge in [-0.2, -0.15) is 0 Å². The van der Waals surface area contributed by atoms with E-state index in [0.29, 0.717) is 37.6 Å². The van der Waals surface area contributed by atoms with Gasteiger partial charge in [0, 0.05) is 56.4 Å². The zero-order valence-corrected chi connectivity index (χ0v) is 17.4. The van der Waals surface area contributed by atoms with Crippen molar-refractivity contribution in [2.45, 2.75) is 19.9 Å². The van der Waals surface area contributed by atoms with E-state index in [9.17, 15) is 9.59 Å². The maximum Gasteiger partial charge on any atom is 0.228 e. The Bertz CT molecular complexity index is 909. The lowest BCUT2D eigenvalue weighted by atomic mass is 10.1. The Morgan fingerprint density at radius 2 is 1.72 bits per heavy atom. The molecule has 2 aliphatic rings. The van der Waals surface area contributed by atoms with Crippen molar-refractivity contribution in [1.29, 1.82) is 0 Å². The van der Waals surface area contributed by atoms with Crippen molar-refractivity contribution in [2.24, 2.45) is 5.92 Å². The summed E-state index contributed by atoms with van der Waals surface area (Å²) in [6, 6.07) is 15.9. The van der Waals surface area contributed by atoms with Gasteiger partial charge in [-0.05, 0) is 30.2 Å². The summed E-state index contributed by atoms with van der Waals surface area (Å²) in [5.41, 5.74) is 3.41. The van der Waals surface area contributed by atoms with Crippen LogP contribution in [0.2, 0.25) is 5.02 Å². The molecule has 2 heterocycles. The van der Waals surface area contributed by atoms with E-state index in [4.69, 9.17) is 11.6 Å². The van der Waals surface area contributed by atoms with Gasteiger partial charge >= 0.3 is 0 Å². The number of benzene rings is 2. The molecule has 1 atom stereocenters. The highest BCUT2D eigenvalue weighted by Gasteiger charge is 2.37. The molecule has 2 amide bonds. The van der Waals surface area contributed by atoms with Gasteiger partial charge in [0.1, 0.15) is 0 Å². The monoisotopic (exact) mass is 411 g/mol. The van der Waals surface area contributed by atoms with Crippen LogP contribution >= 0.6 is 11.6 Å². The fourth-order valence-corrected chi connectivity index (χ4v) is 4.46. The van der Waals surface area contributed by atoms with Gasteiger partial charge < -0.3 is 14.7 Å². The van der Waals surface area contributed by atoms with Crippen LogP contribution in [0.4, 0.5) is 5.69 Å². The second-order valence-corrected chi connectivity index (χ2v) is 8.27. The number of likely N-dealkylation sites (tertiary alicyclic amines) is 1. The highest BCUT2D eigenvalue weighted by atomic mass is 35.5. The molecule has 0 aliphatic carbocycles. The van der Waals surface area contributed by atoms with Crippen molar-refractivity contribution in [2.75, 3.05) is 37.6 Å². The van der Waals surface area contributed by atoms with Crippen LogP contribution in [0, 0.1) is 12.8 Å². The smallest absolute Gasteiger partial charge is 0.228 e. The Kier molecular flexibility index (Phi) is 5.76. The largest absolute Gasteiger partial charge is 0.368 e. The van der Waals surface area contributed by atoms with Crippen molar-refractivity contribution in [3.05, 3.63) is 64.7 Å². The van der Waals surface area contributed by atoms with Crippen LogP contribution in [0.5, 0.6) is 0 Å². The highest BCUT2D eigenvalue weighted by Crippen LogP contribution is 2.26. The minimum Gasteiger partial charge on any atom is -0.368 e. The van der Waals surface area contributed by atoms with Crippen LogP contribution in [-0.4, -0.2) is 54.3 Å². The van der Waals surface area contributed by atoms with E-state index < -0.39 is 0 Å². The summed E-state index contributed by atoms with van der Waals surface area (Å²) in [7, 11) is 0. The average molecular weight is 412 g/mol. The summed E-state index contributed by atoms with van der Waals surface area (Å²) in [5, 5.41) is 0.655. The van der Waals surface area contributed by atoms with E-state index >= 15 is 0 Å². The lowest BCUT2D eigenvalue weighted by Crippen LogP contribution is -2.50. The molecular weight excluding hydrogens is 386 g/mol. The molecule has 2 aliphatic heterocycles.